The number of likely N-dealkylation sites (N-methyl/N-ethyl adjacent to an activating group) is 1. The maximum absolute atomic E-state index is 3.55. The summed E-state index contributed by atoms with van der Waals surface area (Å²) in [5, 5.41) is 6.83. The fourth-order valence-electron chi connectivity index (χ4n) is 3.34. The average molecular weight is 357 g/mol. The normalized spacial score (nSPS) is 26.0. The fourth-order valence-corrected chi connectivity index (χ4v) is 4.17. The lowest BCUT2D eigenvalue weighted by Crippen LogP contribution is -2.46. The summed E-state index contributed by atoms with van der Waals surface area (Å²) in [7, 11) is 2.03. The Morgan fingerprint density at radius 3 is 3.22 bits per heavy atom. The second-order valence-electron chi connectivity index (χ2n) is 5.14. The van der Waals surface area contributed by atoms with Gasteiger partial charge in [0.05, 0.1) is 5.69 Å². The first-order valence-electron chi connectivity index (χ1n) is 6.73. The summed E-state index contributed by atoms with van der Waals surface area (Å²) in [5.41, 5.74) is 3.04. The van der Waals surface area contributed by atoms with Crippen molar-refractivity contribution in [2.75, 3.05) is 38.1 Å². The van der Waals surface area contributed by atoms with Crippen molar-refractivity contribution in [1.82, 2.24) is 10.6 Å². The molecule has 3 nitrogen and oxygen atoms in total. The summed E-state index contributed by atoms with van der Waals surface area (Å²) in [6.45, 7) is 4.46. The lowest BCUT2D eigenvalue weighted by molar-refractivity contribution is 0.402. The van der Waals surface area contributed by atoms with E-state index >= 15 is 0 Å². The van der Waals surface area contributed by atoms with E-state index in [1.165, 1.54) is 15.7 Å². The van der Waals surface area contributed by atoms with E-state index in [1.54, 1.807) is 5.56 Å². The van der Waals surface area contributed by atoms with E-state index in [0.717, 1.165) is 26.2 Å². The molecule has 3 rings (SSSR count). The van der Waals surface area contributed by atoms with Crippen molar-refractivity contribution in [2.45, 2.75) is 18.4 Å². The molecule has 0 aliphatic carbocycles. The predicted molar refractivity (Wildman–Crippen MR) is 84.4 cm³/mol. The Hall–Kier alpha value is -0.330. The second kappa shape index (κ2) is 5.35. The van der Waals surface area contributed by atoms with E-state index in [1.807, 2.05) is 7.05 Å². The van der Waals surface area contributed by atoms with Crippen LogP contribution in [0, 0.1) is 3.57 Å². The van der Waals surface area contributed by atoms with Crippen LogP contribution in [0.4, 0.5) is 5.69 Å². The maximum Gasteiger partial charge on any atom is 0.0541 e. The smallest absolute Gasteiger partial charge is 0.0541 e. The zero-order chi connectivity index (χ0) is 12.5. The summed E-state index contributed by atoms with van der Waals surface area (Å²) < 4.78 is 1.40. The third kappa shape index (κ3) is 2.04. The number of hydrogen-bond acceptors (Lipinski definition) is 3. The molecule has 2 heterocycles. The number of para-hydroxylation sites is 1. The van der Waals surface area contributed by atoms with Crippen molar-refractivity contribution < 1.29 is 0 Å². The molecule has 2 atom stereocenters. The molecule has 0 aromatic heterocycles. The van der Waals surface area contributed by atoms with Crippen LogP contribution in [0.3, 0.4) is 0 Å². The molecule has 18 heavy (non-hydrogen) atoms. The van der Waals surface area contributed by atoms with Gasteiger partial charge in [-0.3, -0.25) is 0 Å². The molecular weight excluding hydrogens is 337 g/mol. The highest BCUT2D eigenvalue weighted by molar-refractivity contribution is 14.1. The summed E-state index contributed by atoms with van der Waals surface area (Å²) in [6.07, 6.45) is 1.26. The van der Waals surface area contributed by atoms with E-state index in [0.29, 0.717) is 12.0 Å². The van der Waals surface area contributed by atoms with Gasteiger partial charge in [0, 0.05) is 35.2 Å². The SMILES string of the molecule is CNCCN1c2c(I)cccc2[C@@H]2CNCC[C@@H]21. The molecule has 1 aromatic rings. The van der Waals surface area contributed by atoms with Gasteiger partial charge in [0.25, 0.3) is 0 Å². The molecule has 2 N–H and O–H groups in total. The van der Waals surface area contributed by atoms with Gasteiger partial charge in [0.2, 0.25) is 0 Å². The molecule has 1 fully saturated rings. The molecule has 0 bridgehead atoms. The topological polar surface area (TPSA) is 27.3 Å². The first-order chi connectivity index (χ1) is 8.83. The summed E-state index contributed by atoms with van der Waals surface area (Å²) >= 11 is 2.48. The van der Waals surface area contributed by atoms with Crippen LogP contribution in [0.15, 0.2) is 18.2 Å². The minimum atomic E-state index is 0.681. The van der Waals surface area contributed by atoms with E-state index in [9.17, 15) is 0 Å². The Labute approximate surface area is 122 Å². The molecule has 4 heteroatoms. The number of rotatable bonds is 3. The number of benzene rings is 1. The third-order valence-electron chi connectivity index (χ3n) is 4.15. The number of piperidine rings is 1. The molecule has 1 aromatic carbocycles. The standard InChI is InChI=1S/C14H20IN3/c1-16-7-8-18-13-5-6-17-9-11(13)10-3-2-4-12(15)14(10)18/h2-4,11,13,16-17H,5-9H2,1H3/t11-,13-/m0/s1. The molecule has 2 aliphatic heterocycles. The maximum atomic E-state index is 3.55. The highest BCUT2D eigenvalue weighted by Gasteiger charge is 2.40. The van der Waals surface area contributed by atoms with E-state index in [2.05, 4.69) is 56.3 Å². The van der Waals surface area contributed by atoms with Crippen molar-refractivity contribution in [1.29, 1.82) is 0 Å². The molecule has 98 valence electrons. The first-order valence-corrected chi connectivity index (χ1v) is 7.81. The quantitative estimate of drug-likeness (QED) is 0.808. The number of anilines is 1. The Morgan fingerprint density at radius 2 is 2.39 bits per heavy atom. The van der Waals surface area contributed by atoms with Gasteiger partial charge in [-0.25, -0.2) is 0 Å². The van der Waals surface area contributed by atoms with E-state index in [-0.39, 0.29) is 0 Å². The molecule has 0 amide bonds. The van der Waals surface area contributed by atoms with Crippen molar-refractivity contribution in [3.05, 3.63) is 27.3 Å². The number of nitrogens with one attached hydrogen (secondary N) is 2. The minimum absolute atomic E-state index is 0.681. The van der Waals surface area contributed by atoms with E-state index in [4.69, 9.17) is 0 Å². The molecular formula is C14H20IN3. The summed E-state index contributed by atoms with van der Waals surface area (Å²) in [5.74, 6) is 0.681. The Morgan fingerprint density at radius 1 is 1.50 bits per heavy atom. The van der Waals surface area contributed by atoms with Crippen molar-refractivity contribution in [3.63, 3.8) is 0 Å². The van der Waals surface area contributed by atoms with Crippen LogP contribution in [0.5, 0.6) is 0 Å². The Balaban J connectivity index is 1.98. The van der Waals surface area contributed by atoms with Crippen LogP contribution in [0.25, 0.3) is 0 Å². The summed E-state index contributed by atoms with van der Waals surface area (Å²) in [6, 6.07) is 7.46. The van der Waals surface area contributed by atoms with Crippen molar-refractivity contribution in [3.8, 4) is 0 Å². The predicted octanol–water partition coefficient (Wildman–Crippen LogP) is 1.78. The minimum Gasteiger partial charge on any atom is -0.365 e. The van der Waals surface area contributed by atoms with Crippen molar-refractivity contribution in [2.24, 2.45) is 0 Å². The van der Waals surface area contributed by atoms with Crippen LogP contribution >= 0.6 is 22.6 Å². The highest BCUT2D eigenvalue weighted by Crippen LogP contribution is 2.45. The largest absolute Gasteiger partial charge is 0.365 e. The second-order valence-corrected chi connectivity index (χ2v) is 6.30. The van der Waals surface area contributed by atoms with Gasteiger partial charge in [0.15, 0.2) is 0 Å². The lowest BCUT2D eigenvalue weighted by atomic mass is 9.90. The van der Waals surface area contributed by atoms with Crippen LogP contribution in [-0.4, -0.2) is 39.3 Å². The first kappa shape index (κ1) is 12.7. The molecule has 0 saturated carbocycles. The molecule has 0 radical (unpaired) electrons. The van der Waals surface area contributed by atoms with Crippen LogP contribution < -0.4 is 15.5 Å². The zero-order valence-electron chi connectivity index (χ0n) is 10.7. The monoisotopic (exact) mass is 357 g/mol. The number of nitrogens with zero attached hydrogens (tertiary/aromatic N) is 1. The Bertz CT molecular complexity index is 435. The fraction of sp³-hybridized carbons (Fsp3) is 0.571. The molecule has 2 aliphatic rings. The summed E-state index contributed by atoms with van der Waals surface area (Å²) in [4.78, 5) is 2.64. The van der Waals surface area contributed by atoms with Crippen LogP contribution in [-0.2, 0) is 0 Å². The third-order valence-corrected chi connectivity index (χ3v) is 5.02. The van der Waals surface area contributed by atoms with Crippen LogP contribution in [0.1, 0.15) is 17.9 Å². The highest BCUT2D eigenvalue weighted by atomic mass is 127. The van der Waals surface area contributed by atoms with Gasteiger partial charge in [-0.05, 0) is 54.2 Å². The average Bonchev–Trinajstić information content (AvgIpc) is 2.72. The van der Waals surface area contributed by atoms with Gasteiger partial charge < -0.3 is 15.5 Å². The van der Waals surface area contributed by atoms with Gasteiger partial charge in [0.1, 0.15) is 0 Å². The molecule has 1 saturated heterocycles. The number of hydrogen-bond donors (Lipinski definition) is 2. The zero-order valence-corrected chi connectivity index (χ0v) is 12.9. The molecule has 0 unspecified atom stereocenters. The molecule has 0 spiro atoms. The van der Waals surface area contributed by atoms with Crippen molar-refractivity contribution >= 4 is 28.3 Å². The van der Waals surface area contributed by atoms with Gasteiger partial charge in [-0.2, -0.15) is 0 Å². The number of halogens is 1. The van der Waals surface area contributed by atoms with Gasteiger partial charge in [-0.1, -0.05) is 12.1 Å². The van der Waals surface area contributed by atoms with Gasteiger partial charge in [-0.15, -0.1) is 0 Å². The lowest BCUT2D eigenvalue weighted by Gasteiger charge is -2.34. The number of fused-ring (bicyclic) bond motifs is 3. The van der Waals surface area contributed by atoms with Crippen LogP contribution in [0.2, 0.25) is 0 Å². The Kier molecular flexibility index (Phi) is 3.77. The van der Waals surface area contributed by atoms with Gasteiger partial charge >= 0.3 is 0 Å². The van der Waals surface area contributed by atoms with E-state index < -0.39 is 0 Å².